The number of nitrogens with one attached hydrogen (secondary N) is 2. The molecule has 0 aliphatic carbocycles. The zero-order chi connectivity index (χ0) is 17.4. The van der Waals surface area contributed by atoms with Crippen LogP contribution >= 0.6 is 0 Å². The molecule has 0 aliphatic heterocycles. The number of hydrogen-bond acceptors (Lipinski definition) is 3. The van der Waals surface area contributed by atoms with Gasteiger partial charge in [-0.3, -0.25) is 9.52 Å². The number of rotatable bonds is 8. The van der Waals surface area contributed by atoms with Gasteiger partial charge in [-0.25, -0.2) is 8.42 Å². The maximum absolute atomic E-state index is 11.9. The Morgan fingerprint density at radius 2 is 1.67 bits per heavy atom. The van der Waals surface area contributed by atoms with Crippen LogP contribution in [0.2, 0.25) is 0 Å². The van der Waals surface area contributed by atoms with Crippen molar-refractivity contribution in [2.45, 2.75) is 19.8 Å². The molecule has 0 saturated heterocycles. The summed E-state index contributed by atoms with van der Waals surface area (Å²) in [5.41, 5.74) is 2.79. The van der Waals surface area contributed by atoms with E-state index < -0.39 is 10.0 Å². The molecule has 0 saturated carbocycles. The zero-order valence-electron chi connectivity index (χ0n) is 13.7. The predicted octanol–water partition coefficient (Wildman–Crippen LogP) is 2.49. The molecule has 5 nitrogen and oxygen atoms in total. The molecule has 1 amide bonds. The molecule has 2 aromatic carbocycles. The number of sulfonamides is 1. The Bertz CT molecular complexity index is 757. The molecule has 0 heterocycles. The Kier molecular flexibility index (Phi) is 6.37. The third kappa shape index (κ3) is 6.42. The van der Waals surface area contributed by atoms with Gasteiger partial charge in [-0.05, 0) is 31.0 Å². The van der Waals surface area contributed by atoms with Crippen molar-refractivity contribution in [3.8, 4) is 0 Å². The Balaban J connectivity index is 1.70. The number of amides is 1. The second-order valence-corrected chi connectivity index (χ2v) is 7.46. The Hall–Kier alpha value is -2.34. The van der Waals surface area contributed by atoms with Gasteiger partial charge in [0.1, 0.15) is 0 Å². The highest BCUT2D eigenvalue weighted by molar-refractivity contribution is 7.92. The van der Waals surface area contributed by atoms with Crippen molar-refractivity contribution in [3.05, 3.63) is 65.7 Å². The molecule has 0 fully saturated rings. The van der Waals surface area contributed by atoms with Crippen LogP contribution in [0.25, 0.3) is 0 Å². The van der Waals surface area contributed by atoms with E-state index in [-0.39, 0.29) is 18.2 Å². The van der Waals surface area contributed by atoms with E-state index in [0.29, 0.717) is 18.5 Å². The van der Waals surface area contributed by atoms with Crippen LogP contribution in [0, 0.1) is 6.92 Å². The maximum Gasteiger partial charge on any atom is 0.234 e. The van der Waals surface area contributed by atoms with Crippen molar-refractivity contribution in [2.75, 3.05) is 17.0 Å². The summed E-state index contributed by atoms with van der Waals surface area (Å²) in [4.78, 5) is 11.8. The smallest absolute Gasteiger partial charge is 0.234 e. The Morgan fingerprint density at radius 1 is 1.00 bits per heavy atom. The minimum Gasteiger partial charge on any atom is -0.355 e. The summed E-state index contributed by atoms with van der Waals surface area (Å²) in [6.07, 6.45) is 0.982. The summed E-state index contributed by atoms with van der Waals surface area (Å²) in [5, 5.41) is 2.65. The minimum atomic E-state index is -3.47. The lowest BCUT2D eigenvalue weighted by Gasteiger charge is -2.09. The van der Waals surface area contributed by atoms with Crippen molar-refractivity contribution in [1.82, 2.24) is 5.32 Å². The van der Waals surface area contributed by atoms with Crippen molar-refractivity contribution in [1.29, 1.82) is 0 Å². The van der Waals surface area contributed by atoms with Gasteiger partial charge in [0.15, 0.2) is 0 Å². The van der Waals surface area contributed by atoms with Gasteiger partial charge in [0.2, 0.25) is 15.9 Å². The van der Waals surface area contributed by atoms with Gasteiger partial charge in [-0.2, -0.15) is 0 Å². The summed E-state index contributed by atoms with van der Waals surface area (Å²) < 4.78 is 26.3. The molecule has 0 radical (unpaired) electrons. The van der Waals surface area contributed by atoms with Crippen LogP contribution in [-0.4, -0.2) is 26.6 Å². The van der Waals surface area contributed by atoms with Crippen molar-refractivity contribution in [3.63, 3.8) is 0 Å². The summed E-state index contributed by atoms with van der Waals surface area (Å²) in [5.74, 6) is -0.302. The van der Waals surface area contributed by atoms with Crippen LogP contribution in [0.3, 0.4) is 0 Å². The number of benzene rings is 2. The Labute approximate surface area is 143 Å². The standard InChI is InChI=1S/C18H22N2O3S/c1-15-7-9-16(10-8-15)11-12-18(21)19-13-14-24(22,23)20-17-5-3-2-4-6-17/h2-10,20H,11-14H2,1H3,(H,19,21). The summed E-state index contributed by atoms with van der Waals surface area (Å²) in [6, 6.07) is 16.7. The van der Waals surface area contributed by atoms with E-state index in [1.54, 1.807) is 24.3 Å². The molecule has 0 aromatic heterocycles. The molecular formula is C18H22N2O3S. The van der Waals surface area contributed by atoms with Gasteiger partial charge in [0, 0.05) is 18.7 Å². The van der Waals surface area contributed by atoms with Crippen LogP contribution in [0.15, 0.2) is 54.6 Å². The molecule has 0 unspecified atom stereocenters. The van der Waals surface area contributed by atoms with Gasteiger partial charge in [-0.15, -0.1) is 0 Å². The fourth-order valence-corrected chi connectivity index (χ4v) is 3.13. The predicted molar refractivity (Wildman–Crippen MR) is 96.4 cm³/mol. The minimum absolute atomic E-state index is 0.0922. The highest BCUT2D eigenvalue weighted by atomic mass is 32.2. The van der Waals surface area contributed by atoms with E-state index in [0.717, 1.165) is 5.56 Å². The number of anilines is 1. The number of aryl methyl sites for hydroxylation is 2. The van der Waals surface area contributed by atoms with Gasteiger partial charge >= 0.3 is 0 Å². The first-order valence-electron chi connectivity index (χ1n) is 7.82. The quantitative estimate of drug-likeness (QED) is 0.771. The highest BCUT2D eigenvalue weighted by Gasteiger charge is 2.11. The first-order chi connectivity index (χ1) is 11.4. The van der Waals surface area contributed by atoms with Crippen LogP contribution in [-0.2, 0) is 21.2 Å². The topological polar surface area (TPSA) is 75.3 Å². The first-order valence-corrected chi connectivity index (χ1v) is 9.48. The molecule has 0 atom stereocenters. The van der Waals surface area contributed by atoms with Gasteiger partial charge in [0.25, 0.3) is 0 Å². The van der Waals surface area contributed by atoms with Crippen molar-refractivity contribution < 1.29 is 13.2 Å². The molecule has 0 spiro atoms. The van der Waals surface area contributed by atoms with Crippen LogP contribution in [0.4, 0.5) is 5.69 Å². The maximum atomic E-state index is 11.9. The number of carbonyl (C=O) groups is 1. The third-order valence-electron chi connectivity index (χ3n) is 3.50. The van der Waals surface area contributed by atoms with Gasteiger partial charge < -0.3 is 5.32 Å². The SMILES string of the molecule is Cc1ccc(CCC(=O)NCCS(=O)(=O)Nc2ccccc2)cc1. The van der Waals surface area contributed by atoms with E-state index in [4.69, 9.17) is 0 Å². The molecule has 0 bridgehead atoms. The van der Waals surface area contributed by atoms with Crippen molar-refractivity contribution >= 4 is 21.6 Å². The van der Waals surface area contributed by atoms with Crippen molar-refractivity contribution in [2.24, 2.45) is 0 Å². The average Bonchev–Trinajstić information content (AvgIpc) is 2.54. The molecule has 2 aromatic rings. The number of carbonyl (C=O) groups excluding carboxylic acids is 1. The van der Waals surface area contributed by atoms with E-state index in [1.807, 2.05) is 37.3 Å². The highest BCUT2D eigenvalue weighted by Crippen LogP contribution is 2.08. The fourth-order valence-electron chi connectivity index (χ4n) is 2.16. The van der Waals surface area contributed by atoms with Gasteiger partial charge in [-0.1, -0.05) is 48.0 Å². The molecule has 128 valence electrons. The molecular weight excluding hydrogens is 324 g/mol. The molecule has 6 heteroatoms. The Morgan fingerprint density at radius 3 is 2.33 bits per heavy atom. The largest absolute Gasteiger partial charge is 0.355 e. The first kappa shape index (κ1) is 18.0. The van der Waals surface area contributed by atoms with E-state index in [9.17, 15) is 13.2 Å². The summed E-state index contributed by atoms with van der Waals surface area (Å²) in [7, 11) is -3.47. The van der Waals surface area contributed by atoms with E-state index in [2.05, 4.69) is 10.0 Å². The monoisotopic (exact) mass is 346 g/mol. The number of hydrogen-bond donors (Lipinski definition) is 2. The normalized spacial score (nSPS) is 11.0. The second-order valence-electron chi connectivity index (χ2n) is 5.62. The lowest BCUT2D eigenvalue weighted by molar-refractivity contribution is -0.120. The van der Waals surface area contributed by atoms with Crippen LogP contribution in [0.1, 0.15) is 17.5 Å². The lowest BCUT2D eigenvalue weighted by Crippen LogP contribution is -2.31. The van der Waals surface area contributed by atoms with Gasteiger partial charge in [0.05, 0.1) is 5.75 Å². The zero-order valence-corrected chi connectivity index (χ0v) is 14.5. The average molecular weight is 346 g/mol. The third-order valence-corrected chi connectivity index (χ3v) is 4.79. The van der Waals surface area contributed by atoms with E-state index >= 15 is 0 Å². The fraction of sp³-hybridized carbons (Fsp3) is 0.278. The summed E-state index contributed by atoms with van der Waals surface area (Å²) >= 11 is 0. The van der Waals surface area contributed by atoms with Crippen LogP contribution in [0.5, 0.6) is 0 Å². The van der Waals surface area contributed by atoms with Crippen LogP contribution < -0.4 is 10.0 Å². The van der Waals surface area contributed by atoms with E-state index in [1.165, 1.54) is 5.56 Å². The number of para-hydroxylation sites is 1. The lowest BCUT2D eigenvalue weighted by atomic mass is 10.1. The molecule has 2 rings (SSSR count). The second kappa shape index (κ2) is 8.49. The summed E-state index contributed by atoms with van der Waals surface area (Å²) in [6.45, 7) is 2.11. The molecule has 2 N–H and O–H groups in total. The molecule has 0 aliphatic rings. The molecule has 24 heavy (non-hydrogen) atoms.